The summed E-state index contributed by atoms with van der Waals surface area (Å²) in [5.41, 5.74) is 7.57. The van der Waals surface area contributed by atoms with Crippen LogP contribution in [0.4, 0.5) is 0 Å². The molecule has 2 N–H and O–H groups in total. The second-order valence-electron chi connectivity index (χ2n) is 7.04. The minimum Gasteiger partial charge on any atom is -0.281 e. The largest absolute Gasteiger partial charge is 0.289 e. The van der Waals surface area contributed by atoms with Gasteiger partial charge in [0, 0.05) is 29.6 Å². The minimum absolute atomic E-state index is 0.0738. The zero-order valence-electron chi connectivity index (χ0n) is 14.9. The van der Waals surface area contributed by atoms with Crippen LogP contribution in [0.25, 0.3) is 6.08 Å². The Morgan fingerprint density at radius 3 is 2.19 bits per heavy atom. The van der Waals surface area contributed by atoms with E-state index in [-0.39, 0.29) is 11.3 Å². The molecular formula is C22H20N4O. The molecule has 0 saturated carbocycles. The van der Waals surface area contributed by atoms with Crippen LogP contribution in [0.2, 0.25) is 0 Å². The van der Waals surface area contributed by atoms with Crippen molar-refractivity contribution in [3.63, 3.8) is 0 Å². The van der Waals surface area contributed by atoms with Gasteiger partial charge in [-0.05, 0) is 11.1 Å². The van der Waals surface area contributed by atoms with Crippen LogP contribution < -0.4 is 5.43 Å². The summed E-state index contributed by atoms with van der Waals surface area (Å²) in [7, 11) is 0. The molecule has 5 heteroatoms. The average Bonchev–Trinajstić information content (AvgIpc) is 3.11. The van der Waals surface area contributed by atoms with Gasteiger partial charge < -0.3 is 0 Å². The van der Waals surface area contributed by atoms with Crippen molar-refractivity contribution in [1.82, 2.24) is 20.6 Å². The molecule has 5 nitrogen and oxygen atoms in total. The van der Waals surface area contributed by atoms with Crippen molar-refractivity contribution in [3.05, 3.63) is 94.8 Å². The molecule has 3 aromatic rings. The summed E-state index contributed by atoms with van der Waals surface area (Å²) in [6, 6.07) is 21.0. The van der Waals surface area contributed by atoms with E-state index in [9.17, 15) is 4.79 Å². The zero-order chi connectivity index (χ0) is 18.3. The summed E-state index contributed by atoms with van der Waals surface area (Å²) in [4.78, 5) is 12.6. The van der Waals surface area contributed by atoms with Gasteiger partial charge in [-0.1, -0.05) is 72.8 Å². The third-order valence-corrected chi connectivity index (χ3v) is 5.54. The van der Waals surface area contributed by atoms with Gasteiger partial charge >= 0.3 is 0 Å². The maximum Gasteiger partial charge on any atom is 0.289 e. The number of carbonyl (C=O) groups is 1. The van der Waals surface area contributed by atoms with Crippen LogP contribution in [-0.2, 0) is 11.8 Å². The summed E-state index contributed by atoms with van der Waals surface area (Å²) in [5, 5.41) is 9.09. The van der Waals surface area contributed by atoms with Crippen molar-refractivity contribution in [2.75, 3.05) is 13.1 Å². The van der Waals surface area contributed by atoms with Gasteiger partial charge in [0.25, 0.3) is 5.91 Å². The number of aromatic amines is 1. The van der Waals surface area contributed by atoms with Gasteiger partial charge in [0.05, 0.1) is 6.54 Å². The lowest BCUT2D eigenvalue weighted by molar-refractivity contribution is 0.0478. The van der Waals surface area contributed by atoms with Crippen molar-refractivity contribution in [2.24, 2.45) is 0 Å². The van der Waals surface area contributed by atoms with Crippen LogP contribution in [0.3, 0.4) is 0 Å². The van der Waals surface area contributed by atoms with E-state index < -0.39 is 0 Å². The number of nitrogens with one attached hydrogen (secondary N) is 2. The number of allylic oxidation sites excluding steroid dienone is 1. The number of hydrazine groups is 1. The van der Waals surface area contributed by atoms with Gasteiger partial charge in [0.2, 0.25) is 0 Å². The number of amides is 1. The first-order valence-corrected chi connectivity index (χ1v) is 9.21. The fourth-order valence-electron chi connectivity index (χ4n) is 3.99. The van der Waals surface area contributed by atoms with Gasteiger partial charge in [-0.15, -0.1) is 0 Å². The van der Waals surface area contributed by atoms with E-state index in [2.05, 4.69) is 76.3 Å². The molecule has 2 aromatic carbocycles. The molecule has 1 aliphatic heterocycles. The van der Waals surface area contributed by atoms with Crippen LogP contribution in [0.15, 0.2) is 66.7 Å². The summed E-state index contributed by atoms with van der Waals surface area (Å²) >= 11 is 0. The Balaban J connectivity index is 1.60. The number of nitrogens with zero attached hydrogens (tertiary/aromatic N) is 2. The van der Waals surface area contributed by atoms with E-state index in [4.69, 9.17) is 0 Å². The first-order valence-electron chi connectivity index (χ1n) is 9.21. The number of fused-ring (bicyclic) bond motifs is 1. The topological polar surface area (TPSA) is 61.0 Å². The van der Waals surface area contributed by atoms with Gasteiger partial charge in [-0.3, -0.25) is 14.9 Å². The van der Waals surface area contributed by atoms with E-state index in [1.54, 1.807) is 5.01 Å². The first-order chi connectivity index (χ1) is 13.3. The lowest BCUT2D eigenvalue weighted by atomic mass is 9.68. The molecule has 0 atom stereocenters. The number of carbonyl (C=O) groups excluding carboxylic acids is 1. The normalized spacial score (nSPS) is 17.3. The van der Waals surface area contributed by atoms with Gasteiger partial charge in [0.15, 0.2) is 5.69 Å². The molecule has 0 unspecified atom stereocenters. The van der Waals surface area contributed by atoms with Crippen molar-refractivity contribution >= 4 is 12.0 Å². The highest BCUT2D eigenvalue weighted by molar-refractivity contribution is 5.96. The average molecular weight is 356 g/mol. The molecule has 5 rings (SSSR count). The fourth-order valence-corrected chi connectivity index (χ4v) is 3.99. The minimum atomic E-state index is -0.280. The van der Waals surface area contributed by atoms with Crippen molar-refractivity contribution in [2.45, 2.75) is 11.8 Å². The molecule has 1 amide bonds. The zero-order valence-corrected chi connectivity index (χ0v) is 14.9. The number of H-pyrrole nitrogens is 1. The van der Waals surface area contributed by atoms with Crippen LogP contribution >= 0.6 is 0 Å². The summed E-state index contributed by atoms with van der Waals surface area (Å²) in [6.45, 7) is 1.56. The fraction of sp³-hybridized carbons (Fsp3) is 0.182. The van der Waals surface area contributed by atoms with Crippen molar-refractivity contribution < 1.29 is 4.79 Å². The summed E-state index contributed by atoms with van der Waals surface area (Å²) < 4.78 is 0. The van der Waals surface area contributed by atoms with Gasteiger partial charge in [-0.2, -0.15) is 5.10 Å². The lowest BCUT2D eigenvalue weighted by Crippen LogP contribution is -2.56. The molecule has 1 aromatic heterocycles. The SMILES string of the molecule is O=C(c1n[nH]c2c1C=CC(c1ccccc1)(c1ccccc1)C2)N1CCN1. The molecule has 1 fully saturated rings. The Labute approximate surface area is 157 Å². The molecular weight excluding hydrogens is 336 g/mol. The van der Waals surface area contributed by atoms with Gasteiger partial charge in [0.1, 0.15) is 0 Å². The Hall–Kier alpha value is -3.18. The molecule has 1 saturated heterocycles. The van der Waals surface area contributed by atoms with Crippen LogP contribution in [-0.4, -0.2) is 34.2 Å². The number of hydrogen-bond acceptors (Lipinski definition) is 3. The number of hydrogen-bond donors (Lipinski definition) is 2. The van der Waals surface area contributed by atoms with Crippen LogP contribution in [0, 0.1) is 0 Å². The maximum atomic E-state index is 12.6. The van der Waals surface area contributed by atoms with E-state index >= 15 is 0 Å². The van der Waals surface area contributed by atoms with E-state index in [1.807, 2.05) is 12.1 Å². The Kier molecular flexibility index (Phi) is 3.69. The third-order valence-electron chi connectivity index (χ3n) is 5.54. The highest BCUT2D eigenvalue weighted by atomic mass is 16.2. The van der Waals surface area contributed by atoms with E-state index in [0.717, 1.165) is 30.8 Å². The number of aromatic nitrogens is 2. The highest BCUT2D eigenvalue weighted by Gasteiger charge is 2.37. The molecule has 134 valence electrons. The summed E-state index contributed by atoms with van der Waals surface area (Å²) in [5.74, 6) is -0.0738. The van der Waals surface area contributed by atoms with Crippen LogP contribution in [0.5, 0.6) is 0 Å². The van der Waals surface area contributed by atoms with Gasteiger partial charge in [-0.25, -0.2) is 5.43 Å². The second kappa shape index (κ2) is 6.21. The third kappa shape index (κ3) is 2.51. The Morgan fingerprint density at radius 1 is 1.00 bits per heavy atom. The number of rotatable bonds is 3. The number of benzene rings is 2. The first kappa shape index (κ1) is 16.0. The monoisotopic (exact) mass is 356 g/mol. The van der Waals surface area contributed by atoms with E-state index in [1.165, 1.54) is 11.1 Å². The van der Waals surface area contributed by atoms with Crippen molar-refractivity contribution in [1.29, 1.82) is 0 Å². The van der Waals surface area contributed by atoms with Crippen LogP contribution in [0.1, 0.15) is 32.9 Å². The highest BCUT2D eigenvalue weighted by Crippen LogP contribution is 2.41. The predicted octanol–water partition coefficient (Wildman–Crippen LogP) is 2.93. The molecule has 0 spiro atoms. The predicted molar refractivity (Wildman–Crippen MR) is 104 cm³/mol. The standard InChI is InChI=1S/C22H20N4O/c27-21(26-14-13-23-26)20-18-11-12-22(15-19(18)24-25-20,16-7-3-1-4-8-16)17-9-5-2-6-10-17/h1-12,23H,13-15H2,(H,24,25). The molecule has 27 heavy (non-hydrogen) atoms. The van der Waals surface area contributed by atoms with Crippen molar-refractivity contribution in [3.8, 4) is 0 Å². The quantitative estimate of drug-likeness (QED) is 0.759. The maximum absolute atomic E-state index is 12.6. The smallest absolute Gasteiger partial charge is 0.281 e. The molecule has 2 aliphatic rings. The Morgan fingerprint density at radius 2 is 1.63 bits per heavy atom. The molecule has 0 radical (unpaired) electrons. The molecule has 0 bridgehead atoms. The summed E-state index contributed by atoms with van der Waals surface area (Å²) in [6.07, 6.45) is 5.01. The second-order valence-corrected chi connectivity index (χ2v) is 7.04. The molecule has 2 heterocycles. The molecule has 1 aliphatic carbocycles. The lowest BCUT2D eigenvalue weighted by Gasteiger charge is -2.35. The van der Waals surface area contributed by atoms with E-state index in [0.29, 0.717) is 5.69 Å². The Bertz CT molecular complexity index is 964.